The Morgan fingerprint density at radius 2 is 2.00 bits per heavy atom. The van der Waals surface area contributed by atoms with Crippen molar-refractivity contribution in [1.29, 1.82) is 0 Å². The van der Waals surface area contributed by atoms with Crippen LogP contribution >= 0.6 is 15.9 Å². The third-order valence-electron chi connectivity index (χ3n) is 3.15. The number of hydrogen-bond donors (Lipinski definition) is 1. The van der Waals surface area contributed by atoms with Crippen LogP contribution in [-0.4, -0.2) is 33.6 Å². The first-order valence-corrected chi connectivity index (χ1v) is 7.37. The van der Waals surface area contributed by atoms with Crippen LogP contribution in [0.4, 0.5) is 5.69 Å². The first-order valence-electron chi connectivity index (χ1n) is 6.57. The van der Waals surface area contributed by atoms with Crippen molar-refractivity contribution in [3.8, 4) is 0 Å². The molecule has 0 unspecified atom stereocenters. The Morgan fingerprint density at radius 1 is 1.22 bits per heavy atom. The number of rotatable bonds is 3. The predicted molar refractivity (Wildman–Crippen MR) is 86.4 cm³/mol. The molecule has 0 atom stereocenters. The van der Waals surface area contributed by atoms with Crippen LogP contribution in [0.25, 0.3) is 5.65 Å². The molecule has 0 spiro atoms. The number of ether oxygens (including phenoxy) is 1. The Labute approximate surface area is 139 Å². The van der Waals surface area contributed by atoms with E-state index in [2.05, 4.69) is 31.3 Å². The number of carbonyl (C=O) groups excluding carboxylic acids is 2. The van der Waals surface area contributed by atoms with Crippen LogP contribution in [0.1, 0.15) is 20.7 Å². The Balaban J connectivity index is 1.94. The van der Waals surface area contributed by atoms with Gasteiger partial charge in [0.25, 0.3) is 5.91 Å². The Morgan fingerprint density at radius 3 is 2.78 bits per heavy atom. The number of nitrogens with one attached hydrogen (secondary N) is 1. The fraction of sp³-hybridized carbons (Fsp3) is 0.0667. The average molecular weight is 375 g/mol. The van der Waals surface area contributed by atoms with Crippen molar-refractivity contribution in [2.45, 2.75) is 0 Å². The molecule has 0 aliphatic carbocycles. The second kappa shape index (κ2) is 6.17. The Hall–Kier alpha value is -2.74. The molecule has 0 aliphatic rings. The van der Waals surface area contributed by atoms with Gasteiger partial charge in [0.1, 0.15) is 5.56 Å². The summed E-state index contributed by atoms with van der Waals surface area (Å²) in [7, 11) is 1.29. The highest BCUT2D eigenvalue weighted by Gasteiger charge is 2.17. The maximum absolute atomic E-state index is 12.5. The van der Waals surface area contributed by atoms with Gasteiger partial charge in [0.05, 0.1) is 29.0 Å². The van der Waals surface area contributed by atoms with Gasteiger partial charge in [0.2, 0.25) is 0 Å². The first kappa shape index (κ1) is 15.2. The van der Waals surface area contributed by atoms with E-state index in [0.29, 0.717) is 16.9 Å². The Bertz CT molecular complexity index is 907. The summed E-state index contributed by atoms with van der Waals surface area (Å²) in [4.78, 5) is 28.4. The fourth-order valence-electron chi connectivity index (χ4n) is 2.08. The van der Waals surface area contributed by atoms with Crippen LogP contribution in [0.15, 0.2) is 47.3 Å². The van der Waals surface area contributed by atoms with Crippen LogP contribution in [-0.2, 0) is 4.74 Å². The third-order valence-corrected chi connectivity index (χ3v) is 3.56. The van der Waals surface area contributed by atoms with Gasteiger partial charge in [0.15, 0.2) is 5.65 Å². The molecule has 3 aromatic rings. The van der Waals surface area contributed by atoms with Gasteiger partial charge in [-0.05, 0) is 28.1 Å². The molecular formula is C15H11BrN4O3. The minimum atomic E-state index is -0.525. The molecule has 1 amide bonds. The molecule has 1 aromatic carbocycles. The third kappa shape index (κ3) is 2.93. The number of para-hydroxylation sites is 1. The molecule has 116 valence electrons. The minimum Gasteiger partial charge on any atom is -0.465 e. The molecule has 7 nitrogen and oxygen atoms in total. The van der Waals surface area contributed by atoms with Gasteiger partial charge in [-0.3, -0.25) is 4.79 Å². The Kier molecular flexibility index (Phi) is 4.07. The normalized spacial score (nSPS) is 10.5. The van der Waals surface area contributed by atoms with Crippen LogP contribution < -0.4 is 5.32 Å². The second-order valence-electron chi connectivity index (χ2n) is 4.59. The van der Waals surface area contributed by atoms with Gasteiger partial charge >= 0.3 is 5.97 Å². The number of esters is 1. The van der Waals surface area contributed by atoms with Gasteiger partial charge in [0, 0.05) is 12.4 Å². The summed E-state index contributed by atoms with van der Waals surface area (Å²) in [5.41, 5.74) is 1.36. The summed E-state index contributed by atoms with van der Waals surface area (Å²) in [6, 6.07) is 6.61. The molecule has 2 aromatic heterocycles. The van der Waals surface area contributed by atoms with Crippen LogP contribution in [0.3, 0.4) is 0 Å². The largest absolute Gasteiger partial charge is 0.465 e. The highest BCUT2D eigenvalue weighted by molar-refractivity contribution is 9.10. The van der Waals surface area contributed by atoms with E-state index in [-0.39, 0.29) is 5.56 Å². The summed E-state index contributed by atoms with van der Waals surface area (Å²) in [6.45, 7) is 0. The second-order valence-corrected chi connectivity index (χ2v) is 5.51. The van der Waals surface area contributed by atoms with Crippen molar-refractivity contribution in [3.05, 3.63) is 58.5 Å². The van der Waals surface area contributed by atoms with Crippen molar-refractivity contribution in [3.63, 3.8) is 0 Å². The lowest BCUT2D eigenvalue weighted by molar-refractivity contribution is 0.0602. The predicted octanol–water partition coefficient (Wildman–Crippen LogP) is 2.53. The number of aromatic nitrogens is 3. The molecule has 23 heavy (non-hydrogen) atoms. The monoisotopic (exact) mass is 374 g/mol. The number of methoxy groups -OCH3 is 1. The summed E-state index contributed by atoms with van der Waals surface area (Å²) in [5.74, 6) is -0.936. The van der Waals surface area contributed by atoms with Crippen LogP contribution in [0.2, 0.25) is 0 Å². The van der Waals surface area contributed by atoms with Crippen LogP contribution in [0.5, 0.6) is 0 Å². The average Bonchev–Trinajstić information content (AvgIpc) is 2.97. The zero-order chi connectivity index (χ0) is 16.4. The van der Waals surface area contributed by atoms with Crippen molar-refractivity contribution in [2.24, 2.45) is 0 Å². The van der Waals surface area contributed by atoms with Crippen molar-refractivity contribution < 1.29 is 14.3 Å². The van der Waals surface area contributed by atoms with Crippen molar-refractivity contribution in [1.82, 2.24) is 14.6 Å². The number of nitrogens with zero attached hydrogens (tertiary/aromatic N) is 3. The molecule has 0 saturated heterocycles. The molecule has 0 radical (unpaired) electrons. The molecule has 0 saturated carbocycles. The summed E-state index contributed by atoms with van der Waals surface area (Å²) in [5, 5.41) is 6.78. The molecule has 0 aliphatic heterocycles. The summed E-state index contributed by atoms with van der Waals surface area (Å²) in [6.07, 6.45) is 4.70. The van der Waals surface area contributed by atoms with Gasteiger partial charge in [-0.1, -0.05) is 12.1 Å². The van der Waals surface area contributed by atoms with E-state index in [9.17, 15) is 9.59 Å². The van der Waals surface area contributed by atoms with E-state index >= 15 is 0 Å². The zero-order valence-electron chi connectivity index (χ0n) is 12.0. The number of hydrogen-bond acceptors (Lipinski definition) is 5. The van der Waals surface area contributed by atoms with Gasteiger partial charge < -0.3 is 10.1 Å². The fourth-order valence-corrected chi connectivity index (χ4v) is 2.38. The van der Waals surface area contributed by atoms with E-state index in [4.69, 9.17) is 4.74 Å². The van der Waals surface area contributed by atoms with Crippen molar-refractivity contribution >= 4 is 39.1 Å². The molecule has 8 heteroatoms. The lowest BCUT2D eigenvalue weighted by Gasteiger charge is -2.08. The van der Waals surface area contributed by atoms with E-state index < -0.39 is 11.9 Å². The molecule has 0 fully saturated rings. The number of anilines is 1. The van der Waals surface area contributed by atoms with E-state index in [1.165, 1.54) is 17.8 Å². The van der Waals surface area contributed by atoms with Gasteiger partial charge in [-0.2, -0.15) is 5.10 Å². The lowest BCUT2D eigenvalue weighted by atomic mass is 10.1. The summed E-state index contributed by atoms with van der Waals surface area (Å²) >= 11 is 3.29. The lowest BCUT2D eigenvalue weighted by Crippen LogP contribution is -2.15. The maximum Gasteiger partial charge on any atom is 0.339 e. The zero-order valence-corrected chi connectivity index (χ0v) is 13.6. The quantitative estimate of drug-likeness (QED) is 0.711. The number of carbonyl (C=O) groups is 2. The van der Waals surface area contributed by atoms with Crippen molar-refractivity contribution in [2.75, 3.05) is 12.4 Å². The highest BCUT2D eigenvalue weighted by Crippen LogP contribution is 2.19. The number of benzene rings is 1. The van der Waals surface area contributed by atoms with Gasteiger partial charge in [-0.15, -0.1) is 0 Å². The number of halogens is 1. The molecule has 0 bridgehead atoms. The van der Waals surface area contributed by atoms with Crippen LogP contribution in [0, 0.1) is 0 Å². The smallest absolute Gasteiger partial charge is 0.339 e. The topological polar surface area (TPSA) is 85.6 Å². The summed E-state index contributed by atoms with van der Waals surface area (Å²) < 4.78 is 6.95. The van der Waals surface area contributed by atoms with E-state index in [1.807, 2.05) is 0 Å². The number of amides is 1. The molecular weight excluding hydrogens is 364 g/mol. The molecule has 2 heterocycles. The van der Waals surface area contributed by atoms with E-state index in [0.717, 1.165) is 4.47 Å². The minimum absolute atomic E-state index is 0.274. The number of fused-ring (bicyclic) bond motifs is 1. The molecule has 1 N–H and O–H groups in total. The maximum atomic E-state index is 12.5. The van der Waals surface area contributed by atoms with Gasteiger partial charge in [-0.25, -0.2) is 14.3 Å². The molecule has 3 rings (SSSR count). The SMILES string of the molecule is COC(=O)c1ccccc1NC(=O)c1cnn2cc(Br)cnc12. The van der Waals surface area contributed by atoms with E-state index in [1.54, 1.807) is 36.7 Å². The standard InChI is InChI=1S/C15H11BrN4O3/c1-23-15(22)10-4-2-3-5-12(10)19-14(21)11-7-18-20-8-9(16)6-17-13(11)20/h2-8H,1H3,(H,19,21). The highest BCUT2D eigenvalue weighted by atomic mass is 79.9. The first-order chi connectivity index (χ1) is 11.1.